The molecule has 0 bridgehead atoms. The molecule has 2 heterocycles. The van der Waals surface area contributed by atoms with Crippen LogP contribution < -0.4 is 0 Å². The van der Waals surface area contributed by atoms with Crippen molar-refractivity contribution in [2.45, 2.75) is 39.0 Å². The standard InChI is InChI=1S/C20H24N2O/c1-2-22-19-8-4-3-7-17(19)18-12-15(9-10-20(18)22)13-21-11-5-6-16(23)14-21/h3-4,7-10,12,16,23H,2,5-6,11,13-14H2,1H3/t16-/m1/s1. The molecule has 1 aliphatic heterocycles. The molecule has 1 atom stereocenters. The summed E-state index contributed by atoms with van der Waals surface area (Å²) in [4.78, 5) is 2.37. The van der Waals surface area contributed by atoms with E-state index in [1.54, 1.807) is 0 Å². The Hall–Kier alpha value is -1.84. The summed E-state index contributed by atoms with van der Waals surface area (Å²) in [5, 5.41) is 12.5. The van der Waals surface area contributed by atoms with Gasteiger partial charge in [-0.05, 0) is 50.1 Å². The lowest BCUT2D eigenvalue weighted by Gasteiger charge is -2.30. The molecule has 3 heteroatoms. The highest BCUT2D eigenvalue weighted by Gasteiger charge is 2.18. The Morgan fingerprint density at radius 2 is 1.91 bits per heavy atom. The minimum absolute atomic E-state index is 0.158. The van der Waals surface area contributed by atoms with Crippen LogP contribution in [0.4, 0.5) is 0 Å². The van der Waals surface area contributed by atoms with Gasteiger partial charge >= 0.3 is 0 Å². The molecule has 120 valence electrons. The molecule has 1 fully saturated rings. The van der Waals surface area contributed by atoms with Crippen LogP contribution in [0.25, 0.3) is 21.8 Å². The third kappa shape index (κ3) is 2.64. The topological polar surface area (TPSA) is 28.4 Å². The summed E-state index contributed by atoms with van der Waals surface area (Å²) in [6.45, 7) is 6.01. The van der Waals surface area contributed by atoms with Crippen LogP contribution in [0.5, 0.6) is 0 Å². The van der Waals surface area contributed by atoms with E-state index in [2.05, 4.69) is 58.9 Å². The molecule has 0 unspecified atom stereocenters. The normalized spacial score (nSPS) is 19.7. The Kier molecular flexibility index (Phi) is 3.83. The third-order valence-corrected chi connectivity index (χ3v) is 5.04. The van der Waals surface area contributed by atoms with Crippen molar-refractivity contribution in [3.8, 4) is 0 Å². The van der Waals surface area contributed by atoms with Gasteiger partial charge in [0.25, 0.3) is 0 Å². The van der Waals surface area contributed by atoms with Gasteiger partial charge in [0.05, 0.1) is 6.10 Å². The summed E-state index contributed by atoms with van der Waals surface area (Å²) < 4.78 is 2.39. The van der Waals surface area contributed by atoms with Gasteiger partial charge < -0.3 is 9.67 Å². The van der Waals surface area contributed by atoms with E-state index in [1.165, 1.54) is 27.4 Å². The van der Waals surface area contributed by atoms with Gasteiger partial charge in [0, 0.05) is 41.4 Å². The number of aryl methyl sites for hydroxylation is 1. The molecule has 23 heavy (non-hydrogen) atoms. The molecule has 0 spiro atoms. The highest BCUT2D eigenvalue weighted by atomic mass is 16.3. The fraction of sp³-hybridized carbons (Fsp3) is 0.400. The first-order valence-corrected chi connectivity index (χ1v) is 8.66. The van der Waals surface area contributed by atoms with Gasteiger partial charge in [-0.15, -0.1) is 0 Å². The molecule has 0 radical (unpaired) electrons. The lowest BCUT2D eigenvalue weighted by Crippen LogP contribution is -2.37. The molecule has 0 aliphatic carbocycles. The first-order valence-electron chi connectivity index (χ1n) is 8.66. The minimum atomic E-state index is -0.158. The Balaban J connectivity index is 1.74. The van der Waals surface area contributed by atoms with Crippen molar-refractivity contribution in [1.82, 2.24) is 9.47 Å². The van der Waals surface area contributed by atoms with Crippen molar-refractivity contribution in [2.75, 3.05) is 13.1 Å². The maximum atomic E-state index is 9.86. The molecule has 0 saturated carbocycles. The Bertz CT molecular complexity index is 836. The second-order valence-electron chi connectivity index (χ2n) is 6.64. The predicted octanol–water partition coefficient (Wildman–Crippen LogP) is 3.77. The number of β-amino-alcohol motifs (C(OH)–C–C–N with tert-alkyl or cyclic N) is 1. The maximum absolute atomic E-state index is 9.86. The van der Waals surface area contributed by atoms with Crippen molar-refractivity contribution >= 4 is 21.8 Å². The van der Waals surface area contributed by atoms with E-state index in [1.807, 2.05) is 0 Å². The van der Waals surface area contributed by atoms with Crippen LogP contribution in [0, 0.1) is 0 Å². The van der Waals surface area contributed by atoms with Gasteiger partial charge in [-0.2, -0.15) is 0 Å². The molecular weight excluding hydrogens is 284 g/mol. The van der Waals surface area contributed by atoms with Crippen LogP contribution >= 0.6 is 0 Å². The quantitative estimate of drug-likeness (QED) is 0.798. The molecule has 3 aromatic rings. The fourth-order valence-corrected chi connectivity index (χ4v) is 3.97. The molecule has 1 aromatic heterocycles. The van der Waals surface area contributed by atoms with E-state index < -0.39 is 0 Å². The molecular formula is C20H24N2O. The summed E-state index contributed by atoms with van der Waals surface area (Å²) in [5.41, 5.74) is 3.97. The molecule has 0 amide bonds. The molecule has 2 aromatic carbocycles. The molecule has 4 rings (SSSR count). The highest BCUT2D eigenvalue weighted by molar-refractivity contribution is 6.08. The zero-order valence-electron chi connectivity index (χ0n) is 13.7. The number of hydrogen-bond acceptors (Lipinski definition) is 2. The van der Waals surface area contributed by atoms with E-state index in [-0.39, 0.29) is 6.10 Å². The van der Waals surface area contributed by atoms with E-state index in [0.717, 1.165) is 39.0 Å². The van der Waals surface area contributed by atoms with E-state index in [0.29, 0.717) is 0 Å². The van der Waals surface area contributed by atoms with Gasteiger partial charge in [-0.3, -0.25) is 4.90 Å². The second kappa shape index (κ2) is 5.99. The number of nitrogens with zero attached hydrogens (tertiary/aromatic N) is 2. The number of benzene rings is 2. The fourth-order valence-electron chi connectivity index (χ4n) is 3.97. The van der Waals surface area contributed by atoms with E-state index in [9.17, 15) is 5.11 Å². The van der Waals surface area contributed by atoms with Crippen LogP contribution in [0.3, 0.4) is 0 Å². The van der Waals surface area contributed by atoms with Crippen molar-refractivity contribution in [3.63, 3.8) is 0 Å². The Morgan fingerprint density at radius 1 is 1.09 bits per heavy atom. The summed E-state index contributed by atoms with van der Waals surface area (Å²) >= 11 is 0. The van der Waals surface area contributed by atoms with Crippen molar-refractivity contribution in [2.24, 2.45) is 0 Å². The summed E-state index contributed by atoms with van der Waals surface area (Å²) in [5.74, 6) is 0. The van der Waals surface area contributed by atoms with E-state index in [4.69, 9.17) is 0 Å². The van der Waals surface area contributed by atoms with Gasteiger partial charge in [-0.25, -0.2) is 0 Å². The smallest absolute Gasteiger partial charge is 0.0667 e. The van der Waals surface area contributed by atoms with E-state index >= 15 is 0 Å². The Labute approximate surface area is 137 Å². The largest absolute Gasteiger partial charge is 0.392 e. The van der Waals surface area contributed by atoms with Crippen LogP contribution in [-0.4, -0.2) is 33.8 Å². The van der Waals surface area contributed by atoms with Gasteiger partial charge in [0.15, 0.2) is 0 Å². The summed E-state index contributed by atoms with van der Waals surface area (Å²) in [6, 6.07) is 15.5. The average molecular weight is 308 g/mol. The summed E-state index contributed by atoms with van der Waals surface area (Å²) in [7, 11) is 0. The number of rotatable bonds is 3. The zero-order valence-corrected chi connectivity index (χ0v) is 13.7. The number of para-hydroxylation sites is 1. The number of fused-ring (bicyclic) bond motifs is 3. The van der Waals surface area contributed by atoms with Gasteiger partial charge in [-0.1, -0.05) is 24.3 Å². The number of aliphatic hydroxyl groups excluding tert-OH is 1. The number of piperidine rings is 1. The lowest BCUT2D eigenvalue weighted by atomic mass is 10.1. The number of aromatic nitrogens is 1. The molecule has 1 aliphatic rings. The summed E-state index contributed by atoms with van der Waals surface area (Å²) in [6.07, 6.45) is 1.88. The zero-order chi connectivity index (χ0) is 15.8. The maximum Gasteiger partial charge on any atom is 0.0667 e. The van der Waals surface area contributed by atoms with Crippen LogP contribution in [0.2, 0.25) is 0 Å². The SMILES string of the molecule is CCn1c2ccccc2c2cc(CN3CCC[C@@H](O)C3)ccc21. The lowest BCUT2D eigenvalue weighted by molar-refractivity contribution is 0.0668. The highest BCUT2D eigenvalue weighted by Crippen LogP contribution is 2.30. The van der Waals surface area contributed by atoms with Crippen molar-refractivity contribution in [1.29, 1.82) is 0 Å². The first kappa shape index (κ1) is 14.7. The minimum Gasteiger partial charge on any atom is -0.392 e. The van der Waals surface area contributed by atoms with Crippen LogP contribution in [-0.2, 0) is 13.1 Å². The van der Waals surface area contributed by atoms with Gasteiger partial charge in [0.1, 0.15) is 0 Å². The number of hydrogen-bond donors (Lipinski definition) is 1. The average Bonchev–Trinajstić information content (AvgIpc) is 2.88. The third-order valence-electron chi connectivity index (χ3n) is 5.04. The first-order chi connectivity index (χ1) is 11.3. The number of likely N-dealkylation sites (tertiary alicyclic amines) is 1. The van der Waals surface area contributed by atoms with Crippen molar-refractivity contribution < 1.29 is 5.11 Å². The molecule has 1 N–H and O–H groups in total. The van der Waals surface area contributed by atoms with Gasteiger partial charge in [0.2, 0.25) is 0 Å². The molecule has 3 nitrogen and oxygen atoms in total. The predicted molar refractivity (Wildman–Crippen MR) is 95.6 cm³/mol. The Morgan fingerprint density at radius 3 is 2.74 bits per heavy atom. The monoisotopic (exact) mass is 308 g/mol. The second-order valence-corrected chi connectivity index (χ2v) is 6.64. The number of aliphatic hydroxyl groups is 1. The van der Waals surface area contributed by atoms with Crippen LogP contribution in [0.15, 0.2) is 42.5 Å². The van der Waals surface area contributed by atoms with Crippen molar-refractivity contribution in [3.05, 3.63) is 48.0 Å². The molecule has 1 saturated heterocycles. The van der Waals surface area contributed by atoms with Crippen LogP contribution in [0.1, 0.15) is 25.3 Å².